The van der Waals surface area contributed by atoms with Crippen LogP contribution in [-0.2, 0) is 5.60 Å². The molecule has 72 valence electrons. The number of hydrogen-bond donors (Lipinski definition) is 2. The van der Waals surface area contributed by atoms with E-state index in [4.69, 9.17) is 4.42 Å². The second kappa shape index (κ2) is 2.27. The summed E-state index contributed by atoms with van der Waals surface area (Å²) in [5, 5.41) is 9.84. The number of fused-ring (bicyclic) bond motifs is 1. The second-order valence-electron chi connectivity index (χ2n) is 3.76. The van der Waals surface area contributed by atoms with Crippen LogP contribution < -0.4 is 5.76 Å². The zero-order valence-electron chi connectivity index (χ0n) is 7.41. The van der Waals surface area contributed by atoms with Crippen molar-refractivity contribution >= 4 is 11.1 Å². The largest absolute Gasteiger partial charge is 0.417 e. The van der Waals surface area contributed by atoms with E-state index in [1.807, 2.05) is 0 Å². The van der Waals surface area contributed by atoms with E-state index in [9.17, 15) is 9.90 Å². The van der Waals surface area contributed by atoms with Gasteiger partial charge in [-0.3, -0.25) is 4.98 Å². The summed E-state index contributed by atoms with van der Waals surface area (Å²) in [5.74, 6) is -0.458. The maximum absolute atomic E-state index is 10.9. The van der Waals surface area contributed by atoms with E-state index in [2.05, 4.69) is 4.98 Å². The topological polar surface area (TPSA) is 66.2 Å². The Kier molecular flexibility index (Phi) is 1.27. The lowest BCUT2D eigenvalue weighted by atomic mass is 10.1. The number of rotatable bonds is 1. The molecule has 0 spiro atoms. The summed E-state index contributed by atoms with van der Waals surface area (Å²) in [6.45, 7) is 0. The van der Waals surface area contributed by atoms with Gasteiger partial charge in [0.25, 0.3) is 0 Å². The normalized spacial score (nSPS) is 18.6. The van der Waals surface area contributed by atoms with Crippen LogP contribution in [0.3, 0.4) is 0 Å². The van der Waals surface area contributed by atoms with E-state index in [-0.39, 0.29) is 0 Å². The van der Waals surface area contributed by atoms with Crippen molar-refractivity contribution < 1.29 is 9.52 Å². The molecule has 2 aromatic rings. The molecule has 0 unspecified atom stereocenters. The third-order valence-electron chi connectivity index (χ3n) is 2.68. The number of aromatic nitrogens is 1. The Morgan fingerprint density at radius 1 is 1.43 bits per heavy atom. The van der Waals surface area contributed by atoms with Crippen LogP contribution in [0.15, 0.2) is 27.4 Å². The summed E-state index contributed by atoms with van der Waals surface area (Å²) in [7, 11) is 0. The maximum Gasteiger partial charge on any atom is 0.417 e. The first-order valence-corrected chi connectivity index (χ1v) is 4.53. The van der Waals surface area contributed by atoms with Gasteiger partial charge in [0, 0.05) is 0 Å². The van der Waals surface area contributed by atoms with E-state index in [0.29, 0.717) is 11.1 Å². The van der Waals surface area contributed by atoms with Gasteiger partial charge in [-0.15, -0.1) is 0 Å². The standard InChI is InChI=1S/C10H9NO3/c12-9-11-7-5-6(10(13)3-4-10)1-2-8(7)14-9/h1-2,5,13H,3-4H2,(H,11,12). The fourth-order valence-corrected chi connectivity index (χ4v) is 1.65. The Hall–Kier alpha value is -1.55. The van der Waals surface area contributed by atoms with Crippen LogP contribution in [-0.4, -0.2) is 10.1 Å². The first-order chi connectivity index (χ1) is 6.67. The zero-order chi connectivity index (χ0) is 9.76. The van der Waals surface area contributed by atoms with Crippen molar-refractivity contribution in [2.45, 2.75) is 18.4 Å². The summed E-state index contributed by atoms with van der Waals surface area (Å²) in [5.41, 5.74) is 1.36. The molecule has 0 bridgehead atoms. The van der Waals surface area contributed by atoms with Crippen molar-refractivity contribution in [3.63, 3.8) is 0 Å². The number of nitrogens with one attached hydrogen (secondary N) is 1. The van der Waals surface area contributed by atoms with Gasteiger partial charge < -0.3 is 9.52 Å². The van der Waals surface area contributed by atoms with Gasteiger partial charge in [-0.2, -0.15) is 0 Å². The summed E-state index contributed by atoms with van der Waals surface area (Å²) in [6, 6.07) is 5.28. The minimum atomic E-state index is -0.664. The van der Waals surface area contributed by atoms with E-state index in [0.717, 1.165) is 18.4 Å². The highest BCUT2D eigenvalue weighted by Gasteiger charge is 2.42. The highest BCUT2D eigenvalue weighted by atomic mass is 16.4. The van der Waals surface area contributed by atoms with Gasteiger partial charge in [-0.05, 0) is 30.5 Å². The predicted octanol–water partition coefficient (Wildman–Crippen LogP) is 1.10. The molecule has 2 N–H and O–H groups in total. The van der Waals surface area contributed by atoms with E-state index >= 15 is 0 Å². The van der Waals surface area contributed by atoms with E-state index in [1.54, 1.807) is 18.2 Å². The molecular formula is C10H9NO3. The SMILES string of the molecule is O=c1[nH]c2cc(C3(O)CC3)ccc2o1. The van der Waals surface area contributed by atoms with Gasteiger partial charge in [0.2, 0.25) is 0 Å². The Morgan fingerprint density at radius 3 is 2.93 bits per heavy atom. The van der Waals surface area contributed by atoms with Crippen molar-refractivity contribution in [2.75, 3.05) is 0 Å². The molecule has 1 aromatic carbocycles. The minimum absolute atomic E-state index is 0.458. The number of benzene rings is 1. The molecule has 4 nitrogen and oxygen atoms in total. The molecule has 1 saturated carbocycles. The molecule has 4 heteroatoms. The van der Waals surface area contributed by atoms with Gasteiger partial charge in [-0.1, -0.05) is 6.07 Å². The average Bonchev–Trinajstić information content (AvgIpc) is 2.79. The minimum Gasteiger partial charge on any atom is -0.408 e. The Labute approximate surface area is 79.2 Å². The highest BCUT2D eigenvalue weighted by Crippen LogP contribution is 2.45. The van der Waals surface area contributed by atoms with Gasteiger partial charge >= 0.3 is 5.76 Å². The van der Waals surface area contributed by atoms with Crippen LogP contribution in [0.1, 0.15) is 18.4 Å². The molecule has 0 aliphatic heterocycles. The molecule has 0 atom stereocenters. The highest BCUT2D eigenvalue weighted by molar-refractivity contribution is 5.73. The van der Waals surface area contributed by atoms with Crippen LogP contribution >= 0.6 is 0 Å². The molecule has 0 radical (unpaired) electrons. The molecule has 1 fully saturated rings. The molecule has 0 amide bonds. The van der Waals surface area contributed by atoms with Crippen LogP contribution in [0, 0.1) is 0 Å². The Balaban J connectivity index is 2.24. The van der Waals surface area contributed by atoms with Crippen LogP contribution in [0.2, 0.25) is 0 Å². The van der Waals surface area contributed by atoms with Gasteiger partial charge in [0.05, 0.1) is 11.1 Å². The van der Waals surface area contributed by atoms with Gasteiger partial charge in [-0.25, -0.2) is 4.79 Å². The molecule has 0 saturated heterocycles. The maximum atomic E-state index is 10.9. The number of oxazole rings is 1. The van der Waals surface area contributed by atoms with Gasteiger partial charge in [0.1, 0.15) is 0 Å². The van der Waals surface area contributed by atoms with Crippen molar-refractivity contribution in [2.24, 2.45) is 0 Å². The van der Waals surface area contributed by atoms with Crippen LogP contribution in [0.25, 0.3) is 11.1 Å². The van der Waals surface area contributed by atoms with Crippen LogP contribution in [0.5, 0.6) is 0 Å². The summed E-state index contributed by atoms with van der Waals surface area (Å²) >= 11 is 0. The third-order valence-corrected chi connectivity index (χ3v) is 2.68. The fraction of sp³-hybridized carbons (Fsp3) is 0.300. The first-order valence-electron chi connectivity index (χ1n) is 4.53. The van der Waals surface area contributed by atoms with Crippen molar-refractivity contribution in [3.8, 4) is 0 Å². The lowest BCUT2D eigenvalue weighted by Crippen LogP contribution is -2.03. The van der Waals surface area contributed by atoms with E-state index < -0.39 is 11.4 Å². The first kappa shape index (κ1) is 7.82. The van der Waals surface area contributed by atoms with Crippen LogP contribution in [0.4, 0.5) is 0 Å². The Bertz CT molecular complexity index is 548. The number of aromatic amines is 1. The van der Waals surface area contributed by atoms with Crippen molar-refractivity contribution in [1.82, 2.24) is 4.98 Å². The number of H-pyrrole nitrogens is 1. The average molecular weight is 191 g/mol. The molecule has 3 rings (SSSR count). The summed E-state index contributed by atoms with van der Waals surface area (Å²) < 4.78 is 4.86. The van der Waals surface area contributed by atoms with Gasteiger partial charge in [0.15, 0.2) is 5.58 Å². The predicted molar refractivity (Wildman–Crippen MR) is 50.0 cm³/mol. The summed E-state index contributed by atoms with van der Waals surface area (Å²) in [4.78, 5) is 13.4. The quantitative estimate of drug-likeness (QED) is 0.709. The third kappa shape index (κ3) is 1.01. The molecule has 14 heavy (non-hydrogen) atoms. The zero-order valence-corrected chi connectivity index (χ0v) is 7.41. The molecule has 1 aromatic heterocycles. The molecule has 1 aliphatic carbocycles. The van der Waals surface area contributed by atoms with Crippen molar-refractivity contribution in [3.05, 3.63) is 34.3 Å². The summed E-state index contributed by atoms with van der Waals surface area (Å²) in [6.07, 6.45) is 1.58. The van der Waals surface area contributed by atoms with E-state index in [1.165, 1.54) is 0 Å². The lowest BCUT2D eigenvalue weighted by molar-refractivity contribution is 0.151. The molecular weight excluding hydrogens is 182 g/mol. The number of hydrogen-bond acceptors (Lipinski definition) is 3. The Morgan fingerprint density at radius 2 is 2.21 bits per heavy atom. The smallest absolute Gasteiger partial charge is 0.408 e. The monoisotopic (exact) mass is 191 g/mol. The molecule has 1 aliphatic rings. The second-order valence-corrected chi connectivity index (χ2v) is 3.76. The lowest BCUT2D eigenvalue weighted by Gasteiger charge is -2.06. The molecule has 1 heterocycles. The van der Waals surface area contributed by atoms with Crippen molar-refractivity contribution in [1.29, 1.82) is 0 Å². The number of aliphatic hydroxyl groups is 1. The fourth-order valence-electron chi connectivity index (χ4n) is 1.65.